The molecule has 1 heterocycles. The van der Waals surface area contributed by atoms with Gasteiger partial charge in [0, 0.05) is 5.69 Å². The van der Waals surface area contributed by atoms with Crippen molar-refractivity contribution in [2.24, 2.45) is 0 Å². The summed E-state index contributed by atoms with van der Waals surface area (Å²) in [6.45, 7) is 1.91. The highest BCUT2D eigenvalue weighted by Crippen LogP contribution is 2.29. The smallest absolute Gasteiger partial charge is 0.335 e. The van der Waals surface area contributed by atoms with E-state index in [1.807, 2.05) is 31.2 Å². The molecule has 1 aromatic heterocycles. The van der Waals surface area contributed by atoms with Crippen molar-refractivity contribution in [2.45, 2.75) is 23.8 Å². The van der Waals surface area contributed by atoms with E-state index in [2.05, 4.69) is 10.3 Å². The number of nitrogens with zero attached hydrogens (tertiary/aromatic N) is 1. The molecule has 3 aromatic rings. The number of rotatable bonds is 6. The lowest BCUT2D eigenvalue weighted by Crippen LogP contribution is -2.24. The van der Waals surface area contributed by atoms with E-state index in [9.17, 15) is 9.59 Å². The van der Waals surface area contributed by atoms with Gasteiger partial charge in [-0.3, -0.25) is 4.79 Å². The first-order valence-electron chi connectivity index (χ1n) is 7.73. The Hall–Kier alpha value is -2.80. The highest BCUT2D eigenvalue weighted by Gasteiger charge is 2.21. The van der Waals surface area contributed by atoms with Gasteiger partial charge in [-0.2, -0.15) is 0 Å². The Morgan fingerprint density at radius 1 is 1.20 bits per heavy atom. The van der Waals surface area contributed by atoms with Crippen LogP contribution in [0, 0.1) is 0 Å². The number of oxazole rings is 1. The summed E-state index contributed by atoms with van der Waals surface area (Å²) in [5.41, 5.74) is 2.16. The van der Waals surface area contributed by atoms with Crippen molar-refractivity contribution in [3.63, 3.8) is 0 Å². The molecule has 0 radical (unpaired) electrons. The Morgan fingerprint density at radius 2 is 1.92 bits per heavy atom. The third-order valence-electron chi connectivity index (χ3n) is 3.58. The van der Waals surface area contributed by atoms with Crippen molar-refractivity contribution in [1.29, 1.82) is 0 Å². The maximum atomic E-state index is 12.5. The van der Waals surface area contributed by atoms with Gasteiger partial charge < -0.3 is 14.8 Å². The minimum absolute atomic E-state index is 0.172. The number of hydrogen-bond acceptors (Lipinski definition) is 5. The van der Waals surface area contributed by atoms with Crippen LogP contribution in [0.1, 0.15) is 23.7 Å². The summed E-state index contributed by atoms with van der Waals surface area (Å²) >= 11 is 1.27. The number of para-hydroxylation sites is 2. The summed E-state index contributed by atoms with van der Waals surface area (Å²) in [6.07, 6.45) is 0.600. The predicted octanol–water partition coefficient (Wildman–Crippen LogP) is 4.04. The Balaban J connectivity index is 1.69. The van der Waals surface area contributed by atoms with Crippen molar-refractivity contribution in [3.8, 4) is 0 Å². The van der Waals surface area contributed by atoms with Crippen LogP contribution >= 0.6 is 11.8 Å². The molecule has 0 aliphatic carbocycles. The maximum Gasteiger partial charge on any atom is 0.335 e. The predicted molar refractivity (Wildman–Crippen MR) is 96.0 cm³/mol. The van der Waals surface area contributed by atoms with Gasteiger partial charge in [0.1, 0.15) is 5.52 Å². The van der Waals surface area contributed by atoms with Gasteiger partial charge in [-0.25, -0.2) is 9.78 Å². The van der Waals surface area contributed by atoms with Crippen molar-refractivity contribution in [3.05, 3.63) is 54.1 Å². The van der Waals surface area contributed by atoms with E-state index in [0.29, 0.717) is 22.9 Å². The van der Waals surface area contributed by atoms with Crippen LogP contribution in [0.4, 0.5) is 5.69 Å². The number of hydrogen-bond donors (Lipinski definition) is 2. The lowest BCUT2D eigenvalue weighted by Gasteiger charge is -2.12. The average Bonchev–Trinajstić information content (AvgIpc) is 3.02. The Labute approximate surface area is 148 Å². The lowest BCUT2D eigenvalue weighted by molar-refractivity contribution is -0.115. The molecule has 128 valence electrons. The largest absolute Gasteiger partial charge is 0.478 e. The second kappa shape index (κ2) is 7.40. The molecule has 1 amide bonds. The van der Waals surface area contributed by atoms with Gasteiger partial charge in [0.05, 0.1) is 10.8 Å². The van der Waals surface area contributed by atoms with Gasteiger partial charge in [0.15, 0.2) is 5.58 Å². The van der Waals surface area contributed by atoms with E-state index in [0.717, 1.165) is 5.52 Å². The van der Waals surface area contributed by atoms with Crippen molar-refractivity contribution in [2.75, 3.05) is 5.32 Å². The number of fused-ring (bicyclic) bond motifs is 1. The number of carboxylic acid groups (broad SMARTS) is 1. The average molecular weight is 356 g/mol. The van der Waals surface area contributed by atoms with Crippen molar-refractivity contribution in [1.82, 2.24) is 4.98 Å². The molecular formula is C18H16N2O4S. The highest BCUT2D eigenvalue weighted by molar-refractivity contribution is 8.00. The standard InChI is InChI=1S/C18H16N2O4S/c1-2-15(25-18-20-13-5-3-4-6-14(13)24-18)16(21)19-12-9-7-11(8-10-12)17(22)23/h3-10,15H,2H2,1H3,(H,19,21)(H,22,23). The first-order valence-corrected chi connectivity index (χ1v) is 8.61. The van der Waals surface area contributed by atoms with E-state index in [-0.39, 0.29) is 16.7 Å². The fourth-order valence-corrected chi connectivity index (χ4v) is 3.13. The number of carbonyl (C=O) groups is 2. The molecule has 6 nitrogen and oxygen atoms in total. The van der Waals surface area contributed by atoms with Crippen LogP contribution < -0.4 is 5.32 Å². The zero-order valence-corrected chi connectivity index (χ0v) is 14.2. The zero-order chi connectivity index (χ0) is 17.8. The molecular weight excluding hydrogens is 340 g/mol. The SMILES string of the molecule is CCC(Sc1nc2ccccc2o1)C(=O)Nc1ccc(C(=O)O)cc1. The van der Waals surface area contributed by atoms with Crippen LogP contribution in [0.3, 0.4) is 0 Å². The zero-order valence-electron chi connectivity index (χ0n) is 13.4. The number of anilines is 1. The second-order valence-electron chi connectivity index (χ2n) is 5.33. The highest BCUT2D eigenvalue weighted by atomic mass is 32.2. The number of aromatic nitrogens is 1. The minimum Gasteiger partial charge on any atom is -0.478 e. The number of aromatic carboxylic acids is 1. The molecule has 0 bridgehead atoms. The monoisotopic (exact) mass is 356 g/mol. The quantitative estimate of drug-likeness (QED) is 0.648. The van der Waals surface area contributed by atoms with Crippen molar-refractivity contribution < 1.29 is 19.1 Å². The number of nitrogens with one attached hydrogen (secondary N) is 1. The topological polar surface area (TPSA) is 92.4 Å². The van der Waals surface area contributed by atoms with Gasteiger partial charge in [-0.05, 0) is 42.8 Å². The molecule has 1 unspecified atom stereocenters. The van der Waals surface area contributed by atoms with Gasteiger partial charge >= 0.3 is 5.97 Å². The van der Waals surface area contributed by atoms with E-state index < -0.39 is 5.97 Å². The fourth-order valence-electron chi connectivity index (χ4n) is 2.26. The van der Waals surface area contributed by atoms with Crippen LogP contribution in [-0.4, -0.2) is 27.2 Å². The molecule has 2 N–H and O–H groups in total. The van der Waals surface area contributed by atoms with Gasteiger partial charge in [-0.15, -0.1) is 0 Å². The molecule has 0 saturated carbocycles. The van der Waals surface area contributed by atoms with Crippen LogP contribution in [0.15, 0.2) is 58.2 Å². The van der Waals surface area contributed by atoms with E-state index in [1.54, 1.807) is 12.1 Å². The summed E-state index contributed by atoms with van der Waals surface area (Å²) in [5.74, 6) is -1.19. The van der Waals surface area contributed by atoms with Gasteiger partial charge in [0.2, 0.25) is 5.91 Å². The lowest BCUT2D eigenvalue weighted by atomic mass is 10.2. The minimum atomic E-state index is -1.00. The number of amides is 1. The molecule has 1 atom stereocenters. The number of thioether (sulfide) groups is 1. The summed E-state index contributed by atoms with van der Waals surface area (Å²) in [6, 6.07) is 13.5. The van der Waals surface area contributed by atoms with E-state index in [4.69, 9.17) is 9.52 Å². The van der Waals surface area contributed by atoms with Gasteiger partial charge in [0.25, 0.3) is 5.22 Å². The molecule has 0 spiro atoms. The summed E-state index contributed by atoms with van der Waals surface area (Å²) in [5, 5.41) is 11.8. The number of carbonyl (C=O) groups excluding carboxylic acids is 1. The van der Waals surface area contributed by atoms with Crippen LogP contribution in [0.25, 0.3) is 11.1 Å². The van der Waals surface area contributed by atoms with Crippen LogP contribution in [-0.2, 0) is 4.79 Å². The molecule has 0 saturated heterocycles. The molecule has 0 aliphatic heterocycles. The van der Waals surface area contributed by atoms with Crippen LogP contribution in [0.5, 0.6) is 0 Å². The Kier molecular flexibility index (Phi) is 5.04. The molecule has 0 fully saturated rings. The van der Waals surface area contributed by atoms with Crippen LogP contribution in [0.2, 0.25) is 0 Å². The molecule has 3 rings (SSSR count). The summed E-state index contributed by atoms with van der Waals surface area (Å²) in [4.78, 5) is 27.7. The van der Waals surface area contributed by atoms with E-state index in [1.165, 1.54) is 23.9 Å². The second-order valence-corrected chi connectivity index (χ2v) is 6.49. The Morgan fingerprint density at radius 3 is 2.56 bits per heavy atom. The van der Waals surface area contributed by atoms with E-state index >= 15 is 0 Å². The fraction of sp³-hybridized carbons (Fsp3) is 0.167. The first-order chi connectivity index (χ1) is 12.1. The van der Waals surface area contributed by atoms with Crippen molar-refractivity contribution >= 4 is 40.4 Å². The summed E-state index contributed by atoms with van der Waals surface area (Å²) in [7, 11) is 0. The van der Waals surface area contributed by atoms with Gasteiger partial charge in [-0.1, -0.05) is 30.8 Å². The maximum absolute atomic E-state index is 12.5. The first kappa shape index (κ1) is 17.0. The third kappa shape index (κ3) is 4.00. The summed E-state index contributed by atoms with van der Waals surface area (Å²) < 4.78 is 5.65. The normalized spacial score (nSPS) is 12.0. The molecule has 0 aliphatic rings. The molecule has 25 heavy (non-hydrogen) atoms. The number of carboxylic acids is 1. The number of benzene rings is 2. The molecule has 2 aromatic carbocycles. The third-order valence-corrected chi connectivity index (χ3v) is 4.79. The molecule has 7 heteroatoms. The Bertz CT molecular complexity index is 872.